The predicted molar refractivity (Wildman–Crippen MR) is 114 cm³/mol. The maximum Gasteiger partial charge on any atom is 0.316 e. The van der Waals surface area contributed by atoms with Gasteiger partial charge in [0.2, 0.25) is 5.89 Å². The van der Waals surface area contributed by atoms with Crippen LogP contribution >= 0.6 is 11.6 Å². The number of hydrogen-bond donors (Lipinski definition) is 0. The smallest absolute Gasteiger partial charge is 0.316 e. The largest absolute Gasteiger partial charge is 0.493 e. The highest BCUT2D eigenvalue weighted by atomic mass is 35.5. The Balaban J connectivity index is 1.57. The molecule has 0 aliphatic carbocycles. The van der Waals surface area contributed by atoms with E-state index < -0.39 is 5.37 Å². The van der Waals surface area contributed by atoms with E-state index in [1.807, 2.05) is 75.4 Å². The first-order chi connectivity index (χ1) is 14.0. The van der Waals surface area contributed by atoms with E-state index in [0.29, 0.717) is 25.5 Å². The molecule has 29 heavy (non-hydrogen) atoms. The average Bonchev–Trinajstić information content (AvgIpc) is 3.10. The molecule has 152 valence electrons. The Kier molecular flexibility index (Phi) is 6.94. The zero-order chi connectivity index (χ0) is 20.8. The summed E-state index contributed by atoms with van der Waals surface area (Å²) in [6.07, 6.45) is 0.657. The predicted octanol–water partition coefficient (Wildman–Crippen LogP) is 6.01. The number of carbonyl (C=O) groups excluding carboxylic acids is 1. The Morgan fingerprint density at radius 1 is 1.17 bits per heavy atom. The van der Waals surface area contributed by atoms with Crippen molar-refractivity contribution in [1.82, 2.24) is 9.88 Å². The molecule has 0 fully saturated rings. The molecule has 0 saturated carbocycles. The minimum Gasteiger partial charge on any atom is -0.493 e. The normalized spacial score (nSPS) is 11.9. The van der Waals surface area contributed by atoms with Gasteiger partial charge < -0.3 is 14.1 Å². The molecular formula is C23H25ClN2O3. The lowest BCUT2D eigenvalue weighted by Crippen LogP contribution is -2.28. The van der Waals surface area contributed by atoms with Crippen LogP contribution < -0.4 is 4.74 Å². The Labute approximate surface area is 176 Å². The van der Waals surface area contributed by atoms with Crippen LogP contribution in [0.2, 0.25) is 0 Å². The summed E-state index contributed by atoms with van der Waals surface area (Å²) < 4.78 is 11.6. The van der Waals surface area contributed by atoms with E-state index in [9.17, 15) is 4.79 Å². The lowest BCUT2D eigenvalue weighted by Gasteiger charge is -2.26. The molecule has 5 nitrogen and oxygen atoms in total. The fourth-order valence-corrected chi connectivity index (χ4v) is 3.47. The number of oxazole rings is 1. The number of halogens is 1. The Hall–Kier alpha value is -2.79. The van der Waals surface area contributed by atoms with Crippen LogP contribution in [-0.4, -0.2) is 28.4 Å². The summed E-state index contributed by atoms with van der Waals surface area (Å²) in [5, 5.41) is -0.446. The molecule has 3 rings (SSSR count). The second-order valence-electron chi connectivity index (χ2n) is 6.77. The number of amides is 1. The first-order valence-corrected chi connectivity index (χ1v) is 10.1. The van der Waals surface area contributed by atoms with Gasteiger partial charge in [0, 0.05) is 18.5 Å². The first-order valence-electron chi connectivity index (χ1n) is 9.70. The number of rotatable bonds is 8. The van der Waals surface area contributed by atoms with Crippen molar-refractivity contribution in [1.29, 1.82) is 0 Å². The van der Waals surface area contributed by atoms with E-state index in [-0.39, 0.29) is 6.04 Å². The summed E-state index contributed by atoms with van der Waals surface area (Å²) >= 11 is 5.65. The first kappa shape index (κ1) is 20.9. The van der Waals surface area contributed by atoms with Crippen LogP contribution in [0.15, 0.2) is 59.0 Å². The van der Waals surface area contributed by atoms with Crippen LogP contribution in [0.1, 0.15) is 36.9 Å². The van der Waals surface area contributed by atoms with Crippen molar-refractivity contribution in [3.63, 3.8) is 0 Å². The van der Waals surface area contributed by atoms with E-state index in [4.69, 9.17) is 20.8 Å². The van der Waals surface area contributed by atoms with Gasteiger partial charge in [-0.2, -0.15) is 0 Å². The average molecular weight is 413 g/mol. The molecule has 0 spiro atoms. The summed E-state index contributed by atoms with van der Waals surface area (Å²) in [7, 11) is 0. The molecule has 6 heteroatoms. The molecule has 1 unspecified atom stereocenters. The van der Waals surface area contributed by atoms with Crippen LogP contribution in [0, 0.1) is 6.92 Å². The van der Waals surface area contributed by atoms with Gasteiger partial charge in [-0.15, -0.1) is 0 Å². The van der Waals surface area contributed by atoms with E-state index in [2.05, 4.69) is 4.98 Å². The number of carbonyl (C=O) groups is 1. The fraction of sp³-hybridized carbons (Fsp3) is 0.304. The summed E-state index contributed by atoms with van der Waals surface area (Å²) in [4.78, 5) is 17.7. The minimum absolute atomic E-state index is 0.0896. The van der Waals surface area contributed by atoms with Crippen LogP contribution in [-0.2, 0) is 6.42 Å². The van der Waals surface area contributed by atoms with E-state index in [1.54, 1.807) is 4.90 Å². The number of aromatic nitrogens is 1. The van der Waals surface area contributed by atoms with Gasteiger partial charge in [-0.3, -0.25) is 4.79 Å². The van der Waals surface area contributed by atoms with Gasteiger partial charge in [0.25, 0.3) is 0 Å². The number of aryl methyl sites for hydroxylation is 1. The van der Waals surface area contributed by atoms with Crippen LogP contribution in [0.5, 0.6) is 5.75 Å². The highest BCUT2D eigenvalue weighted by Crippen LogP contribution is 2.25. The van der Waals surface area contributed by atoms with Crippen molar-refractivity contribution < 1.29 is 13.9 Å². The summed E-state index contributed by atoms with van der Waals surface area (Å²) in [5.74, 6) is 2.21. The number of hydrogen-bond acceptors (Lipinski definition) is 4. The lowest BCUT2D eigenvalue weighted by atomic mass is 10.1. The van der Waals surface area contributed by atoms with Crippen molar-refractivity contribution in [2.24, 2.45) is 0 Å². The van der Waals surface area contributed by atoms with Gasteiger partial charge in [0.1, 0.15) is 11.5 Å². The van der Waals surface area contributed by atoms with Gasteiger partial charge in [0.15, 0.2) is 0 Å². The topological polar surface area (TPSA) is 55.6 Å². The van der Waals surface area contributed by atoms with Gasteiger partial charge in [-0.25, -0.2) is 4.98 Å². The maximum atomic E-state index is 11.5. The Bertz CT molecular complexity index is 939. The molecule has 0 aliphatic rings. The molecule has 0 radical (unpaired) electrons. The SMILES string of the molecule is CCN(C(=O)Cl)C(C)c1ccc(OCCc2nc(-c3ccccc3)oc2C)cc1. The van der Waals surface area contributed by atoms with E-state index in [1.165, 1.54) is 0 Å². The second-order valence-corrected chi connectivity index (χ2v) is 7.09. The van der Waals surface area contributed by atoms with Crippen molar-refractivity contribution in [2.45, 2.75) is 33.2 Å². The van der Waals surface area contributed by atoms with Gasteiger partial charge in [-0.1, -0.05) is 30.3 Å². The zero-order valence-electron chi connectivity index (χ0n) is 16.9. The van der Waals surface area contributed by atoms with Crippen molar-refractivity contribution in [2.75, 3.05) is 13.2 Å². The van der Waals surface area contributed by atoms with E-state index >= 15 is 0 Å². The third kappa shape index (κ3) is 5.18. The zero-order valence-corrected chi connectivity index (χ0v) is 17.6. The quantitative estimate of drug-likeness (QED) is 0.335. The summed E-state index contributed by atoms with van der Waals surface area (Å²) in [6.45, 7) is 6.84. The van der Waals surface area contributed by atoms with E-state index in [0.717, 1.165) is 28.3 Å². The number of ether oxygens (including phenoxy) is 1. The monoisotopic (exact) mass is 412 g/mol. The molecule has 1 heterocycles. The van der Waals surface area contributed by atoms with Crippen LogP contribution in [0.25, 0.3) is 11.5 Å². The Morgan fingerprint density at radius 3 is 2.48 bits per heavy atom. The third-order valence-electron chi connectivity index (χ3n) is 4.92. The summed E-state index contributed by atoms with van der Waals surface area (Å²) in [6, 6.07) is 17.5. The number of benzene rings is 2. The molecule has 1 aromatic heterocycles. The van der Waals surface area contributed by atoms with Gasteiger partial charge >= 0.3 is 5.37 Å². The third-order valence-corrected chi connectivity index (χ3v) is 5.13. The van der Waals surface area contributed by atoms with Crippen molar-refractivity contribution in [3.8, 4) is 17.2 Å². The lowest BCUT2D eigenvalue weighted by molar-refractivity contribution is 0.207. The molecule has 1 amide bonds. The number of nitrogens with zero attached hydrogens (tertiary/aromatic N) is 2. The van der Waals surface area contributed by atoms with Crippen molar-refractivity contribution in [3.05, 3.63) is 71.6 Å². The second kappa shape index (κ2) is 9.61. The molecule has 2 aromatic carbocycles. The standard InChI is InChI=1S/C23H25ClN2O3/c1-4-26(23(24)27)16(2)18-10-12-20(13-11-18)28-15-14-21-17(3)29-22(25-21)19-8-6-5-7-9-19/h5-13,16H,4,14-15H2,1-3H3. The molecule has 0 bridgehead atoms. The highest BCUT2D eigenvalue weighted by molar-refractivity contribution is 6.62. The van der Waals surface area contributed by atoms with Gasteiger partial charge in [0.05, 0.1) is 18.3 Å². The highest BCUT2D eigenvalue weighted by Gasteiger charge is 2.18. The minimum atomic E-state index is -0.446. The van der Waals surface area contributed by atoms with Crippen LogP contribution in [0.3, 0.4) is 0 Å². The Morgan fingerprint density at radius 2 is 1.86 bits per heavy atom. The van der Waals surface area contributed by atoms with Gasteiger partial charge in [-0.05, 0) is 62.2 Å². The fourth-order valence-electron chi connectivity index (χ4n) is 3.20. The molecule has 0 saturated heterocycles. The molecule has 0 aliphatic heterocycles. The molecule has 1 atom stereocenters. The maximum absolute atomic E-state index is 11.5. The summed E-state index contributed by atoms with van der Waals surface area (Å²) in [5.41, 5.74) is 2.87. The molecule has 0 N–H and O–H groups in total. The van der Waals surface area contributed by atoms with Crippen molar-refractivity contribution >= 4 is 17.0 Å². The molecule has 3 aromatic rings. The molecular weight excluding hydrogens is 388 g/mol. The van der Waals surface area contributed by atoms with Crippen LogP contribution in [0.4, 0.5) is 4.79 Å².